The van der Waals surface area contributed by atoms with Gasteiger partial charge in [0.05, 0.1) is 6.42 Å². The van der Waals surface area contributed by atoms with Crippen LogP contribution < -0.4 is 0 Å². The van der Waals surface area contributed by atoms with Crippen molar-refractivity contribution in [1.82, 2.24) is 0 Å². The van der Waals surface area contributed by atoms with E-state index < -0.39 is 0 Å². The summed E-state index contributed by atoms with van der Waals surface area (Å²) in [5.74, 6) is -0.0770. The number of aryl methyl sites for hydroxylation is 1. The summed E-state index contributed by atoms with van der Waals surface area (Å²) in [6.45, 7) is 1.86. The van der Waals surface area contributed by atoms with Crippen LogP contribution in [0.4, 0.5) is 0 Å². The van der Waals surface area contributed by atoms with Crippen molar-refractivity contribution in [2.24, 2.45) is 0 Å². The summed E-state index contributed by atoms with van der Waals surface area (Å²) in [6, 6.07) is 5.38. The van der Waals surface area contributed by atoms with E-state index in [1.807, 2.05) is 19.1 Å². The highest BCUT2D eigenvalue weighted by Gasteiger charge is 2.27. The van der Waals surface area contributed by atoms with Crippen LogP contribution in [0.2, 0.25) is 0 Å². The van der Waals surface area contributed by atoms with Crippen LogP contribution >= 0.6 is 0 Å². The van der Waals surface area contributed by atoms with Crippen LogP contribution in [-0.4, -0.2) is 11.6 Å². The van der Waals surface area contributed by atoms with Gasteiger partial charge in [-0.3, -0.25) is 9.59 Å². The Morgan fingerprint density at radius 2 is 1.92 bits per heavy atom. The molecule has 0 aromatic heterocycles. The quantitative estimate of drug-likeness (QED) is 0.542. The van der Waals surface area contributed by atoms with E-state index in [1.54, 1.807) is 6.07 Å². The summed E-state index contributed by atoms with van der Waals surface area (Å²) in [6.07, 6.45) is 0.0557. The standard InChI is InChI=1S/C10H8O2/c1-6-3-2-4-7-8(11)5-9(12)10(6)7/h2-4H,5H2,1H3. The first kappa shape index (κ1) is 7.22. The molecule has 0 bridgehead atoms. The van der Waals surface area contributed by atoms with Crippen LogP contribution in [0, 0.1) is 6.92 Å². The Bertz CT molecular complexity index is 377. The van der Waals surface area contributed by atoms with E-state index >= 15 is 0 Å². The molecule has 0 heterocycles. The van der Waals surface area contributed by atoms with Crippen LogP contribution in [0.5, 0.6) is 0 Å². The lowest BCUT2D eigenvalue weighted by molar-refractivity contribution is 0.0923. The van der Waals surface area contributed by atoms with Gasteiger partial charge in [0.1, 0.15) is 0 Å². The summed E-state index contributed by atoms with van der Waals surface area (Å²) in [4.78, 5) is 22.5. The van der Waals surface area contributed by atoms with Gasteiger partial charge in [-0.2, -0.15) is 0 Å². The molecule has 60 valence electrons. The Kier molecular flexibility index (Phi) is 1.37. The zero-order valence-electron chi connectivity index (χ0n) is 6.76. The van der Waals surface area contributed by atoms with Gasteiger partial charge in [-0.15, -0.1) is 0 Å². The maximum Gasteiger partial charge on any atom is 0.171 e. The van der Waals surface area contributed by atoms with Crippen LogP contribution in [0.1, 0.15) is 32.7 Å². The summed E-state index contributed by atoms with van der Waals surface area (Å²) >= 11 is 0. The minimum atomic E-state index is -0.0429. The largest absolute Gasteiger partial charge is 0.294 e. The van der Waals surface area contributed by atoms with Crippen molar-refractivity contribution in [2.45, 2.75) is 13.3 Å². The topological polar surface area (TPSA) is 34.1 Å². The van der Waals surface area contributed by atoms with Gasteiger partial charge in [0.15, 0.2) is 11.6 Å². The molecule has 0 N–H and O–H groups in total. The third-order valence-corrected chi connectivity index (χ3v) is 2.17. The second-order valence-corrected chi connectivity index (χ2v) is 3.02. The molecule has 0 unspecified atom stereocenters. The first-order chi connectivity index (χ1) is 5.70. The molecular formula is C10H8O2. The molecule has 0 spiro atoms. The number of Topliss-reactive ketones (excluding diaryl/α,β-unsaturated/α-hetero) is 2. The third-order valence-electron chi connectivity index (χ3n) is 2.17. The molecular weight excluding hydrogens is 152 g/mol. The lowest BCUT2D eigenvalue weighted by Gasteiger charge is -1.98. The fraction of sp³-hybridized carbons (Fsp3) is 0.200. The predicted molar refractivity (Wildman–Crippen MR) is 44.5 cm³/mol. The van der Waals surface area contributed by atoms with E-state index in [2.05, 4.69) is 0 Å². The maximum absolute atomic E-state index is 11.3. The highest BCUT2D eigenvalue weighted by atomic mass is 16.2. The molecule has 2 nitrogen and oxygen atoms in total. The Morgan fingerprint density at radius 1 is 1.17 bits per heavy atom. The minimum absolute atomic E-state index is 0.0342. The molecule has 1 aliphatic rings. The number of fused-ring (bicyclic) bond motifs is 1. The number of hydrogen-bond acceptors (Lipinski definition) is 2. The average molecular weight is 160 g/mol. The van der Waals surface area contributed by atoms with E-state index in [1.165, 1.54) is 0 Å². The summed E-state index contributed by atoms with van der Waals surface area (Å²) in [5.41, 5.74) is 2.13. The molecule has 0 fully saturated rings. The van der Waals surface area contributed by atoms with Crippen molar-refractivity contribution < 1.29 is 9.59 Å². The second-order valence-electron chi connectivity index (χ2n) is 3.02. The summed E-state index contributed by atoms with van der Waals surface area (Å²) in [5, 5.41) is 0. The smallest absolute Gasteiger partial charge is 0.171 e. The molecule has 0 atom stereocenters. The van der Waals surface area contributed by atoms with Crippen molar-refractivity contribution in [1.29, 1.82) is 0 Å². The van der Waals surface area contributed by atoms with Crippen LogP contribution in [0.3, 0.4) is 0 Å². The highest BCUT2D eigenvalue weighted by Crippen LogP contribution is 2.24. The molecule has 0 amide bonds. The molecule has 1 aromatic carbocycles. The van der Waals surface area contributed by atoms with Gasteiger partial charge in [-0.1, -0.05) is 18.2 Å². The first-order valence-corrected chi connectivity index (χ1v) is 3.86. The van der Waals surface area contributed by atoms with Crippen molar-refractivity contribution in [3.63, 3.8) is 0 Å². The Balaban J connectivity index is 2.75. The van der Waals surface area contributed by atoms with Crippen LogP contribution in [0.15, 0.2) is 18.2 Å². The van der Waals surface area contributed by atoms with Crippen molar-refractivity contribution in [3.05, 3.63) is 34.9 Å². The number of carbonyl (C=O) groups excluding carboxylic acids is 2. The van der Waals surface area contributed by atoms with E-state index in [0.717, 1.165) is 5.56 Å². The second kappa shape index (κ2) is 2.27. The predicted octanol–water partition coefficient (Wildman–Crippen LogP) is 1.76. The summed E-state index contributed by atoms with van der Waals surface area (Å²) < 4.78 is 0. The normalized spacial score (nSPS) is 15.1. The van der Waals surface area contributed by atoms with Gasteiger partial charge in [0.2, 0.25) is 0 Å². The fourth-order valence-corrected chi connectivity index (χ4v) is 1.60. The summed E-state index contributed by atoms with van der Waals surface area (Å²) in [7, 11) is 0. The van der Waals surface area contributed by atoms with E-state index in [9.17, 15) is 9.59 Å². The van der Waals surface area contributed by atoms with Crippen molar-refractivity contribution >= 4 is 11.6 Å². The molecule has 12 heavy (non-hydrogen) atoms. The number of benzene rings is 1. The molecule has 1 aliphatic carbocycles. The minimum Gasteiger partial charge on any atom is -0.294 e. The van der Waals surface area contributed by atoms with Gasteiger partial charge in [-0.05, 0) is 12.5 Å². The highest BCUT2D eigenvalue weighted by molar-refractivity contribution is 6.24. The number of ketones is 2. The first-order valence-electron chi connectivity index (χ1n) is 3.86. The zero-order valence-corrected chi connectivity index (χ0v) is 6.76. The van der Waals surface area contributed by atoms with Crippen LogP contribution in [0.25, 0.3) is 0 Å². The Morgan fingerprint density at radius 3 is 2.58 bits per heavy atom. The van der Waals surface area contributed by atoms with Crippen molar-refractivity contribution in [3.8, 4) is 0 Å². The zero-order chi connectivity index (χ0) is 8.72. The van der Waals surface area contributed by atoms with Gasteiger partial charge in [0, 0.05) is 11.1 Å². The van der Waals surface area contributed by atoms with Crippen molar-refractivity contribution in [2.75, 3.05) is 0 Å². The molecule has 2 rings (SSSR count). The molecule has 0 saturated carbocycles. The third kappa shape index (κ3) is 0.811. The Labute approximate surface area is 70.2 Å². The number of carbonyl (C=O) groups is 2. The van der Waals surface area contributed by atoms with Gasteiger partial charge < -0.3 is 0 Å². The maximum atomic E-state index is 11.3. The van der Waals surface area contributed by atoms with Gasteiger partial charge >= 0.3 is 0 Å². The fourth-order valence-electron chi connectivity index (χ4n) is 1.60. The lowest BCUT2D eigenvalue weighted by atomic mass is 10.0. The molecule has 0 saturated heterocycles. The van der Waals surface area contributed by atoms with E-state index in [4.69, 9.17) is 0 Å². The van der Waals surface area contributed by atoms with Gasteiger partial charge in [0.25, 0.3) is 0 Å². The number of rotatable bonds is 0. The van der Waals surface area contributed by atoms with Gasteiger partial charge in [-0.25, -0.2) is 0 Å². The Hall–Kier alpha value is -1.44. The van der Waals surface area contributed by atoms with Crippen LogP contribution in [-0.2, 0) is 0 Å². The lowest BCUT2D eigenvalue weighted by Crippen LogP contribution is -1.94. The monoisotopic (exact) mass is 160 g/mol. The molecule has 1 aromatic rings. The molecule has 0 aliphatic heterocycles. The molecule has 0 radical (unpaired) electrons. The average Bonchev–Trinajstić information content (AvgIpc) is 2.29. The number of hydrogen-bond donors (Lipinski definition) is 0. The van der Waals surface area contributed by atoms with E-state index in [-0.39, 0.29) is 18.0 Å². The molecule has 2 heteroatoms. The van der Waals surface area contributed by atoms with E-state index in [0.29, 0.717) is 11.1 Å². The SMILES string of the molecule is Cc1cccc2c1C(=O)CC2=O.